The minimum atomic E-state index is -1.82. The number of hydrogen-bond donors (Lipinski definition) is 4. The summed E-state index contributed by atoms with van der Waals surface area (Å²) in [5, 5.41) is 30.4. The van der Waals surface area contributed by atoms with Gasteiger partial charge in [0, 0.05) is 37.7 Å². The van der Waals surface area contributed by atoms with E-state index >= 15 is 0 Å². The largest absolute Gasteiger partial charge is 0.495 e. The van der Waals surface area contributed by atoms with Crippen molar-refractivity contribution in [2.45, 2.75) is 6.54 Å². The van der Waals surface area contributed by atoms with Gasteiger partial charge in [-0.2, -0.15) is 0 Å². The second kappa shape index (κ2) is 14.3. The molecule has 184 valence electrons. The monoisotopic (exact) mass is 496 g/mol. The number of carbonyl (C=O) groups is 4. The number of nitrogens with zero attached hydrogens (tertiary/aromatic N) is 2. The number of aliphatic carboxylic acids is 4. The Bertz CT molecular complexity index is 927. The summed E-state index contributed by atoms with van der Waals surface area (Å²) >= 11 is 5.94. The first-order valence-corrected chi connectivity index (χ1v) is 10.2. The number of hydrogen-bond acceptors (Lipinski definition) is 7. The normalized spacial score (nSPS) is 12.8. The molecule has 34 heavy (non-hydrogen) atoms. The lowest BCUT2D eigenvalue weighted by Crippen LogP contribution is -2.46. The van der Waals surface area contributed by atoms with Crippen LogP contribution in [-0.2, 0) is 25.7 Å². The molecule has 1 heterocycles. The highest BCUT2D eigenvalue weighted by atomic mass is 35.5. The van der Waals surface area contributed by atoms with Crippen molar-refractivity contribution in [2.24, 2.45) is 0 Å². The lowest BCUT2D eigenvalue weighted by atomic mass is 10.2. The molecule has 2 aromatic carbocycles. The fraction of sp³-hybridized carbons (Fsp3) is 0.273. The van der Waals surface area contributed by atoms with Crippen LogP contribution in [0.2, 0.25) is 5.02 Å². The van der Waals surface area contributed by atoms with Crippen molar-refractivity contribution in [3.63, 3.8) is 0 Å². The van der Waals surface area contributed by atoms with Crippen LogP contribution in [-0.4, -0.2) is 82.5 Å². The predicted octanol–water partition coefficient (Wildman–Crippen LogP) is 1.98. The van der Waals surface area contributed by atoms with E-state index < -0.39 is 23.9 Å². The standard InChI is InChI=1S/C18H21ClN2O.2C2H2O4/c1-22-18-5-3-2-4-17(18)21-12-10-20(11-13-21)14-15-6-8-16(19)9-7-15;2*3-1(4)2(5)6/h2-9H,10-14H2,1H3;2*(H,3,4)(H,5,6). The summed E-state index contributed by atoms with van der Waals surface area (Å²) in [6.07, 6.45) is 0. The van der Waals surface area contributed by atoms with Crippen LogP contribution < -0.4 is 9.64 Å². The summed E-state index contributed by atoms with van der Waals surface area (Å²) in [5.41, 5.74) is 2.51. The molecule has 11 nitrogen and oxygen atoms in total. The zero-order valence-electron chi connectivity index (χ0n) is 18.3. The molecule has 1 fully saturated rings. The summed E-state index contributed by atoms with van der Waals surface area (Å²) in [7, 11) is 1.73. The Balaban J connectivity index is 0.000000401. The van der Waals surface area contributed by atoms with E-state index in [4.69, 9.17) is 55.9 Å². The van der Waals surface area contributed by atoms with Gasteiger partial charge < -0.3 is 30.1 Å². The molecule has 0 bridgehead atoms. The van der Waals surface area contributed by atoms with E-state index in [2.05, 4.69) is 34.1 Å². The third-order valence-electron chi connectivity index (χ3n) is 4.48. The molecule has 12 heteroatoms. The van der Waals surface area contributed by atoms with Crippen molar-refractivity contribution in [2.75, 3.05) is 38.2 Å². The maximum absolute atomic E-state index is 9.10. The van der Waals surface area contributed by atoms with Gasteiger partial charge in [-0.25, -0.2) is 19.2 Å². The molecule has 0 spiro atoms. The highest BCUT2D eigenvalue weighted by Gasteiger charge is 2.19. The zero-order valence-corrected chi connectivity index (χ0v) is 19.0. The molecule has 0 atom stereocenters. The Kier molecular flexibility index (Phi) is 11.9. The van der Waals surface area contributed by atoms with E-state index in [1.54, 1.807) is 7.11 Å². The van der Waals surface area contributed by atoms with E-state index in [0.29, 0.717) is 0 Å². The molecule has 4 N–H and O–H groups in total. The summed E-state index contributed by atoms with van der Waals surface area (Å²) in [6, 6.07) is 16.4. The fourth-order valence-electron chi connectivity index (χ4n) is 2.89. The van der Waals surface area contributed by atoms with Gasteiger partial charge in [-0.15, -0.1) is 0 Å². The number of halogens is 1. The van der Waals surface area contributed by atoms with Crippen LogP contribution in [0.3, 0.4) is 0 Å². The van der Waals surface area contributed by atoms with Crippen molar-refractivity contribution in [3.8, 4) is 5.75 Å². The Morgan fingerprint density at radius 1 is 0.794 bits per heavy atom. The smallest absolute Gasteiger partial charge is 0.414 e. The number of piperazine rings is 1. The highest BCUT2D eigenvalue weighted by molar-refractivity contribution is 6.30. The molecule has 0 aliphatic carbocycles. The fourth-order valence-corrected chi connectivity index (χ4v) is 3.01. The van der Waals surface area contributed by atoms with Gasteiger partial charge >= 0.3 is 23.9 Å². The first-order valence-electron chi connectivity index (χ1n) is 9.82. The molecule has 0 amide bonds. The first kappa shape index (κ1) is 28.2. The molecule has 1 saturated heterocycles. The van der Waals surface area contributed by atoms with Gasteiger partial charge in [-0.1, -0.05) is 35.9 Å². The zero-order chi connectivity index (χ0) is 25.7. The number of para-hydroxylation sites is 2. The van der Waals surface area contributed by atoms with E-state index in [9.17, 15) is 0 Å². The summed E-state index contributed by atoms with van der Waals surface area (Å²) in [6.45, 7) is 5.14. The number of rotatable bonds is 4. The van der Waals surface area contributed by atoms with Gasteiger partial charge in [0.2, 0.25) is 0 Å². The van der Waals surface area contributed by atoms with Gasteiger partial charge in [0.15, 0.2) is 0 Å². The van der Waals surface area contributed by atoms with E-state index in [0.717, 1.165) is 43.5 Å². The second-order valence-electron chi connectivity index (χ2n) is 6.78. The quantitative estimate of drug-likeness (QED) is 0.457. The van der Waals surface area contributed by atoms with Crippen molar-refractivity contribution in [1.29, 1.82) is 0 Å². The third kappa shape index (κ3) is 10.2. The van der Waals surface area contributed by atoms with Crippen molar-refractivity contribution in [1.82, 2.24) is 4.90 Å². The molecule has 1 aliphatic rings. The molecule has 1 aliphatic heterocycles. The van der Waals surface area contributed by atoms with Crippen LogP contribution in [0.1, 0.15) is 5.56 Å². The van der Waals surface area contributed by atoms with Gasteiger partial charge in [0.1, 0.15) is 5.75 Å². The first-order chi connectivity index (χ1) is 16.0. The van der Waals surface area contributed by atoms with Gasteiger partial charge in [0.25, 0.3) is 0 Å². The van der Waals surface area contributed by atoms with Gasteiger partial charge in [0.05, 0.1) is 12.8 Å². The number of methoxy groups -OCH3 is 1. The van der Waals surface area contributed by atoms with Crippen LogP contribution in [0.15, 0.2) is 48.5 Å². The number of ether oxygens (including phenoxy) is 1. The van der Waals surface area contributed by atoms with E-state index in [1.165, 1.54) is 11.3 Å². The Morgan fingerprint density at radius 3 is 1.71 bits per heavy atom. The van der Waals surface area contributed by atoms with Crippen LogP contribution >= 0.6 is 11.6 Å². The predicted molar refractivity (Wildman–Crippen MR) is 122 cm³/mol. The second-order valence-corrected chi connectivity index (χ2v) is 7.22. The Morgan fingerprint density at radius 2 is 1.26 bits per heavy atom. The van der Waals surface area contributed by atoms with Crippen LogP contribution in [0.25, 0.3) is 0 Å². The maximum Gasteiger partial charge on any atom is 0.414 e. The van der Waals surface area contributed by atoms with Crippen LogP contribution in [0, 0.1) is 0 Å². The molecular weight excluding hydrogens is 472 g/mol. The van der Waals surface area contributed by atoms with E-state index in [1.807, 2.05) is 24.3 Å². The highest BCUT2D eigenvalue weighted by Crippen LogP contribution is 2.28. The van der Waals surface area contributed by atoms with Gasteiger partial charge in [-0.05, 0) is 29.8 Å². The van der Waals surface area contributed by atoms with E-state index in [-0.39, 0.29) is 0 Å². The molecule has 0 saturated carbocycles. The average Bonchev–Trinajstić information content (AvgIpc) is 2.81. The number of carboxylic acids is 4. The minimum Gasteiger partial charge on any atom is -0.495 e. The SMILES string of the molecule is COc1ccccc1N1CCN(Cc2ccc(Cl)cc2)CC1.O=C(O)C(=O)O.O=C(O)C(=O)O. The Labute approximate surface area is 200 Å². The summed E-state index contributed by atoms with van der Waals surface area (Å²) in [5.74, 6) is -6.34. The summed E-state index contributed by atoms with van der Waals surface area (Å²) in [4.78, 5) is 41.3. The molecule has 3 rings (SSSR count). The third-order valence-corrected chi connectivity index (χ3v) is 4.74. The van der Waals surface area contributed by atoms with Crippen molar-refractivity contribution in [3.05, 3.63) is 59.1 Å². The lowest BCUT2D eigenvalue weighted by molar-refractivity contribution is -0.159. The van der Waals surface area contributed by atoms with Crippen molar-refractivity contribution >= 4 is 41.2 Å². The topological polar surface area (TPSA) is 165 Å². The van der Waals surface area contributed by atoms with Crippen LogP contribution in [0.5, 0.6) is 5.75 Å². The molecule has 2 aromatic rings. The molecule has 0 unspecified atom stereocenters. The number of benzene rings is 2. The molecule has 0 aromatic heterocycles. The summed E-state index contributed by atoms with van der Waals surface area (Å²) < 4.78 is 5.46. The average molecular weight is 497 g/mol. The Hall–Kier alpha value is -3.83. The number of carboxylic acid groups (broad SMARTS) is 4. The lowest BCUT2D eigenvalue weighted by Gasteiger charge is -2.36. The minimum absolute atomic E-state index is 0.796. The van der Waals surface area contributed by atoms with Gasteiger partial charge in [-0.3, -0.25) is 4.90 Å². The number of anilines is 1. The maximum atomic E-state index is 9.10. The molecular formula is C22H25ClN2O9. The van der Waals surface area contributed by atoms with Crippen molar-refractivity contribution < 1.29 is 44.3 Å². The van der Waals surface area contributed by atoms with Crippen LogP contribution in [0.4, 0.5) is 5.69 Å². The molecule has 0 radical (unpaired) electrons.